The Labute approximate surface area is 120 Å². The Morgan fingerprint density at radius 1 is 1.37 bits per heavy atom. The quantitative estimate of drug-likeness (QED) is 0.873. The van der Waals surface area contributed by atoms with Gasteiger partial charge in [-0.05, 0) is 31.0 Å². The van der Waals surface area contributed by atoms with E-state index >= 15 is 0 Å². The first-order chi connectivity index (χ1) is 8.88. The Balaban J connectivity index is 2.32. The molecule has 0 aromatic heterocycles. The van der Waals surface area contributed by atoms with Gasteiger partial charge < -0.3 is 5.11 Å². The SMILES string of the molecule is O=S(=O)(NC1(CO)CCCC1)c1ccc(Br)cc1F. The number of sulfonamides is 1. The van der Waals surface area contributed by atoms with E-state index in [0.717, 1.165) is 18.9 Å². The monoisotopic (exact) mass is 351 g/mol. The first kappa shape index (κ1) is 14.9. The molecule has 1 aromatic carbocycles. The van der Waals surface area contributed by atoms with Crippen LogP contribution in [0.4, 0.5) is 4.39 Å². The van der Waals surface area contributed by atoms with E-state index in [9.17, 15) is 17.9 Å². The van der Waals surface area contributed by atoms with Crippen LogP contribution >= 0.6 is 15.9 Å². The lowest BCUT2D eigenvalue weighted by Crippen LogP contribution is -2.49. The van der Waals surface area contributed by atoms with Crippen molar-refractivity contribution in [2.75, 3.05) is 6.61 Å². The van der Waals surface area contributed by atoms with Crippen molar-refractivity contribution in [3.05, 3.63) is 28.5 Å². The molecular weight excluding hydrogens is 337 g/mol. The number of hydrogen-bond donors (Lipinski definition) is 2. The topological polar surface area (TPSA) is 66.4 Å². The van der Waals surface area contributed by atoms with Gasteiger partial charge in [0.2, 0.25) is 10.0 Å². The second-order valence-corrected chi connectivity index (χ2v) is 7.39. The van der Waals surface area contributed by atoms with Crippen LogP contribution in [0.5, 0.6) is 0 Å². The zero-order valence-electron chi connectivity index (χ0n) is 10.2. The van der Waals surface area contributed by atoms with E-state index in [1.54, 1.807) is 0 Å². The molecule has 0 radical (unpaired) electrons. The van der Waals surface area contributed by atoms with Crippen LogP contribution in [0.15, 0.2) is 27.6 Å². The Kier molecular flexibility index (Phi) is 4.29. The number of nitrogens with one attached hydrogen (secondary N) is 1. The van der Waals surface area contributed by atoms with Crippen molar-refractivity contribution in [3.8, 4) is 0 Å². The smallest absolute Gasteiger partial charge is 0.244 e. The molecule has 1 fully saturated rings. The van der Waals surface area contributed by atoms with E-state index in [4.69, 9.17) is 0 Å². The number of aliphatic hydroxyl groups excluding tert-OH is 1. The minimum atomic E-state index is -3.97. The first-order valence-electron chi connectivity index (χ1n) is 5.98. The lowest BCUT2D eigenvalue weighted by Gasteiger charge is -2.27. The van der Waals surface area contributed by atoms with Crippen LogP contribution < -0.4 is 4.72 Å². The average Bonchev–Trinajstić information content (AvgIpc) is 2.77. The van der Waals surface area contributed by atoms with Crippen molar-refractivity contribution in [1.29, 1.82) is 0 Å². The lowest BCUT2D eigenvalue weighted by atomic mass is 10.0. The third-order valence-corrected chi connectivity index (χ3v) is 5.50. The standard InChI is InChI=1S/C12H15BrFNO3S/c13-9-3-4-11(10(14)7-9)19(17,18)15-12(8-16)5-1-2-6-12/h3-4,7,15-16H,1-2,5-6,8H2. The van der Waals surface area contributed by atoms with Crippen molar-refractivity contribution in [2.45, 2.75) is 36.1 Å². The summed E-state index contributed by atoms with van der Waals surface area (Å²) < 4.78 is 41.1. The maximum absolute atomic E-state index is 13.7. The highest BCUT2D eigenvalue weighted by atomic mass is 79.9. The Morgan fingerprint density at radius 3 is 2.53 bits per heavy atom. The van der Waals surface area contributed by atoms with Crippen molar-refractivity contribution in [2.24, 2.45) is 0 Å². The highest BCUT2D eigenvalue weighted by Gasteiger charge is 2.38. The van der Waals surface area contributed by atoms with Crippen LogP contribution in [0.1, 0.15) is 25.7 Å². The van der Waals surface area contributed by atoms with Gasteiger partial charge in [0.25, 0.3) is 0 Å². The fourth-order valence-corrected chi connectivity index (χ4v) is 4.22. The molecular formula is C12H15BrFNO3S. The molecule has 0 unspecified atom stereocenters. The predicted octanol–water partition coefficient (Wildman–Crippen LogP) is 2.17. The molecule has 106 valence electrons. The molecule has 19 heavy (non-hydrogen) atoms. The van der Waals surface area contributed by atoms with Crippen LogP contribution in [0.3, 0.4) is 0 Å². The van der Waals surface area contributed by atoms with E-state index in [-0.39, 0.29) is 6.61 Å². The zero-order valence-corrected chi connectivity index (χ0v) is 12.6. The highest BCUT2D eigenvalue weighted by Crippen LogP contribution is 2.31. The maximum atomic E-state index is 13.7. The molecule has 4 nitrogen and oxygen atoms in total. The van der Waals surface area contributed by atoms with Crippen molar-refractivity contribution in [3.63, 3.8) is 0 Å². The largest absolute Gasteiger partial charge is 0.394 e. The van der Waals surface area contributed by atoms with Gasteiger partial charge >= 0.3 is 0 Å². The van der Waals surface area contributed by atoms with Gasteiger partial charge in [-0.1, -0.05) is 28.8 Å². The fraction of sp³-hybridized carbons (Fsp3) is 0.500. The average molecular weight is 352 g/mol. The molecule has 0 saturated heterocycles. The summed E-state index contributed by atoms with van der Waals surface area (Å²) in [5.41, 5.74) is -0.849. The highest BCUT2D eigenvalue weighted by molar-refractivity contribution is 9.10. The van der Waals surface area contributed by atoms with Gasteiger partial charge in [-0.15, -0.1) is 0 Å². The van der Waals surface area contributed by atoms with Gasteiger partial charge in [0.05, 0.1) is 12.1 Å². The summed E-state index contributed by atoms with van der Waals surface area (Å²) in [4.78, 5) is -0.393. The van der Waals surface area contributed by atoms with E-state index in [1.165, 1.54) is 12.1 Å². The van der Waals surface area contributed by atoms with Gasteiger partial charge in [0, 0.05) is 4.47 Å². The van der Waals surface area contributed by atoms with Crippen LogP contribution in [0.25, 0.3) is 0 Å². The van der Waals surface area contributed by atoms with Crippen LogP contribution in [-0.2, 0) is 10.0 Å². The molecule has 1 aromatic rings. The van der Waals surface area contributed by atoms with E-state index in [2.05, 4.69) is 20.7 Å². The summed E-state index contributed by atoms with van der Waals surface area (Å²) in [6.45, 7) is -0.273. The molecule has 2 N–H and O–H groups in total. The molecule has 7 heteroatoms. The van der Waals surface area contributed by atoms with Crippen LogP contribution in [-0.4, -0.2) is 25.7 Å². The minimum Gasteiger partial charge on any atom is -0.394 e. The van der Waals surface area contributed by atoms with E-state index in [1.807, 2.05) is 0 Å². The zero-order chi connectivity index (χ0) is 14.1. The molecule has 2 rings (SSSR count). The summed E-state index contributed by atoms with van der Waals surface area (Å²) in [6, 6.07) is 3.79. The molecule has 0 bridgehead atoms. The Hall–Kier alpha value is -0.500. The Morgan fingerprint density at radius 2 is 2.00 bits per heavy atom. The summed E-state index contributed by atoms with van der Waals surface area (Å²) >= 11 is 3.08. The molecule has 0 amide bonds. The third kappa shape index (κ3) is 3.16. The molecule has 1 aliphatic rings. The second kappa shape index (κ2) is 5.47. The molecule has 1 aliphatic carbocycles. The maximum Gasteiger partial charge on any atom is 0.244 e. The van der Waals surface area contributed by atoms with E-state index < -0.39 is 26.3 Å². The minimum absolute atomic E-state index is 0.273. The summed E-state index contributed by atoms with van der Waals surface area (Å²) in [7, 11) is -3.97. The van der Waals surface area contributed by atoms with Gasteiger partial charge in [-0.3, -0.25) is 0 Å². The lowest BCUT2D eigenvalue weighted by molar-refractivity contribution is 0.185. The Bertz CT molecular complexity index is 570. The van der Waals surface area contributed by atoms with Crippen molar-refractivity contribution < 1.29 is 17.9 Å². The van der Waals surface area contributed by atoms with Crippen molar-refractivity contribution >= 4 is 26.0 Å². The summed E-state index contributed by atoms with van der Waals surface area (Å²) in [6.07, 6.45) is 2.85. The number of aliphatic hydroxyl groups is 1. The first-order valence-corrected chi connectivity index (χ1v) is 8.26. The summed E-state index contributed by atoms with van der Waals surface area (Å²) in [5.74, 6) is -0.812. The van der Waals surface area contributed by atoms with Crippen LogP contribution in [0.2, 0.25) is 0 Å². The molecule has 0 atom stereocenters. The van der Waals surface area contributed by atoms with Crippen LogP contribution in [0, 0.1) is 5.82 Å². The number of hydrogen-bond acceptors (Lipinski definition) is 3. The molecule has 0 spiro atoms. The third-order valence-electron chi connectivity index (χ3n) is 3.40. The number of rotatable bonds is 4. The molecule has 0 heterocycles. The number of halogens is 2. The fourth-order valence-electron chi connectivity index (χ4n) is 2.38. The second-order valence-electron chi connectivity index (χ2n) is 4.83. The summed E-state index contributed by atoms with van der Waals surface area (Å²) in [5, 5.41) is 9.41. The predicted molar refractivity (Wildman–Crippen MR) is 72.7 cm³/mol. The van der Waals surface area contributed by atoms with Gasteiger partial charge in [0.15, 0.2) is 0 Å². The van der Waals surface area contributed by atoms with Gasteiger partial charge in [-0.25, -0.2) is 17.5 Å². The van der Waals surface area contributed by atoms with Crippen molar-refractivity contribution in [1.82, 2.24) is 4.72 Å². The van der Waals surface area contributed by atoms with Gasteiger partial charge in [0.1, 0.15) is 10.7 Å². The molecule has 0 aliphatic heterocycles. The molecule has 1 saturated carbocycles. The number of benzene rings is 1. The van der Waals surface area contributed by atoms with Gasteiger partial charge in [-0.2, -0.15) is 0 Å². The normalized spacial score (nSPS) is 18.7. The van der Waals surface area contributed by atoms with E-state index in [0.29, 0.717) is 17.3 Å².